The summed E-state index contributed by atoms with van der Waals surface area (Å²) < 4.78 is 10.7. The highest BCUT2D eigenvalue weighted by Gasteiger charge is 2.16. The van der Waals surface area contributed by atoms with Crippen LogP contribution in [0.2, 0.25) is 0 Å². The second-order valence-corrected chi connectivity index (χ2v) is 4.21. The van der Waals surface area contributed by atoms with Gasteiger partial charge in [0.25, 0.3) is 0 Å². The molecule has 21 heavy (non-hydrogen) atoms. The Morgan fingerprint density at radius 1 is 1.43 bits per heavy atom. The first-order valence-electron chi connectivity index (χ1n) is 6.39. The van der Waals surface area contributed by atoms with Crippen LogP contribution in [0.3, 0.4) is 0 Å². The van der Waals surface area contributed by atoms with Crippen LogP contribution in [0.1, 0.15) is 23.0 Å². The summed E-state index contributed by atoms with van der Waals surface area (Å²) in [4.78, 5) is 15.2. The van der Waals surface area contributed by atoms with Crippen LogP contribution in [0.15, 0.2) is 24.5 Å². The Morgan fingerprint density at radius 2 is 2.24 bits per heavy atom. The zero-order chi connectivity index (χ0) is 15.2. The van der Waals surface area contributed by atoms with E-state index in [0.717, 1.165) is 6.33 Å². The van der Waals surface area contributed by atoms with Gasteiger partial charge in [-0.15, -0.1) is 4.85 Å². The average Bonchev–Trinajstić information content (AvgIpc) is 2.50. The van der Waals surface area contributed by atoms with Crippen LogP contribution in [0.4, 0.5) is 0 Å². The molecule has 7 heteroatoms. The Balaban J connectivity index is 2.45. The first-order chi connectivity index (χ1) is 10.2. The van der Waals surface area contributed by atoms with Gasteiger partial charge in [-0.2, -0.15) is 0 Å². The third-order valence-electron chi connectivity index (χ3n) is 2.79. The van der Waals surface area contributed by atoms with Crippen molar-refractivity contribution in [3.05, 3.63) is 41.0 Å². The first-order valence-corrected chi connectivity index (χ1v) is 6.39. The molecule has 2 rings (SSSR count). The van der Waals surface area contributed by atoms with Crippen molar-refractivity contribution in [3.63, 3.8) is 0 Å². The lowest BCUT2D eigenvalue weighted by Crippen LogP contribution is -2.32. The van der Waals surface area contributed by atoms with Crippen LogP contribution in [-0.4, -0.2) is 29.8 Å². The van der Waals surface area contributed by atoms with Gasteiger partial charge < -0.3 is 14.7 Å². The Labute approximate surface area is 121 Å². The van der Waals surface area contributed by atoms with Gasteiger partial charge in [0.15, 0.2) is 18.2 Å². The molecule has 1 aromatic carbocycles. The molecule has 0 radical (unpaired) electrons. The first kappa shape index (κ1) is 14.9. The van der Waals surface area contributed by atoms with E-state index in [4.69, 9.17) is 9.47 Å². The molecule has 0 amide bonds. The normalized spacial score (nSPS) is 10.4. The monoisotopic (exact) mass is 289 g/mol. The number of carbonyl (C=O) groups excluding carboxylic acids is 1. The van der Waals surface area contributed by atoms with Gasteiger partial charge in [-0.25, -0.2) is 0 Å². The van der Waals surface area contributed by atoms with Crippen LogP contribution in [0.5, 0.6) is 5.75 Å². The van der Waals surface area contributed by atoms with E-state index in [9.17, 15) is 10.0 Å². The Kier molecular flexibility index (Phi) is 4.78. The predicted molar refractivity (Wildman–Crippen MR) is 73.7 cm³/mol. The topological polar surface area (TPSA) is 88.2 Å². The van der Waals surface area contributed by atoms with Gasteiger partial charge in [0.2, 0.25) is 0 Å². The number of benzene rings is 1. The van der Waals surface area contributed by atoms with Crippen molar-refractivity contribution in [2.75, 3.05) is 13.4 Å². The highest BCUT2D eigenvalue weighted by molar-refractivity contribution is 5.79. The fraction of sp³-hybridized carbons (Fsp3) is 0.286. The number of aldehydes is 1. The maximum atomic E-state index is 11.3. The molecular formula is C14H15N3O4. The fourth-order valence-corrected chi connectivity index (χ4v) is 1.76. The van der Waals surface area contributed by atoms with E-state index >= 15 is 0 Å². The van der Waals surface area contributed by atoms with Crippen LogP contribution in [0, 0.1) is 12.1 Å². The molecule has 0 atom stereocenters. The van der Waals surface area contributed by atoms with Crippen molar-refractivity contribution in [3.8, 4) is 17.0 Å². The predicted octanol–water partition coefficient (Wildman–Crippen LogP) is 1.27. The lowest BCUT2D eigenvalue weighted by Gasteiger charge is -2.12. The van der Waals surface area contributed by atoms with E-state index in [-0.39, 0.29) is 6.79 Å². The minimum Gasteiger partial charge on any atom is -0.691 e. The summed E-state index contributed by atoms with van der Waals surface area (Å²) in [7, 11) is 0. The molecule has 0 aliphatic heterocycles. The molecule has 2 aromatic rings. The van der Waals surface area contributed by atoms with Crippen LogP contribution in [0.25, 0.3) is 11.3 Å². The molecule has 0 aliphatic rings. The fourth-order valence-electron chi connectivity index (χ4n) is 1.76. The summed E-state index contributed by atoms with van der Waals surface area (Å²) in [6.07, 6.45) is 1.80. The van der Waals surface area contributed by atoms with E-state index in [1.807, 2.05) is 6.92 Å². The van der Waals surface area contributed by atoms with Crippen molar-refractivity contribution in [2.24, 2.45) is 0 Å². The smallest absolute Gasteiger partial charge is 0.310 e. The van der Waals surface area contributed by atoms with E-state index in [1.165, 1.54) is 0 Å². The third kappa shape index (κ3) is 3.51. The van der Waals surface area contributed by atoms with Crippen molar-refractivity contribution < 1.29 is 19.1 Å². The van der Waals surface area contributed by atoms with Gasteiger partial charge in [-0.1, -0.05) is 11.2 Å². The molecule has 0 saturated carbocycles. The van der Waals surface area contributed by atoms with Crippen molar-refractivity contribution in [2.45, 2.75) is 13.8 Å². The molecule has 0 bridgehead atoms. The third-order valence-corrected chi connectivity index (χ3v) is 2.79. The molecule has 0 aliphatic carbocycles. The van der Waals surface area contributed by atoms with Gasteiger partial charge in [-0.3, -0.25) is 4.79 Å². The van der Waals surface area contributed by atoms with Crippen molar-refractivity contribution >= 4 is 6.29 Å². The molecule has 1 heterocycles. The minimum absolute atomic E-state index is 0.0441. The molecule has 0 N–H and O–H groups in total. The van der Waals surface area contributed by atoms with Crippen molar-refractivity contribution in [1.29, 1.82) is 0 Å². The number of hydrogen-bond donors (Lipinski definition) is 0. The molecule has 110 valence electrons. The van der Waals surface area contributed by atoms with Gasteiger partial charge in [0.05, 0.1) is 5.56 Å². The molecule has 0 fully saturated rings. The van der Waals surface area contributed by atoms with E-state index in [0.29, 0.717) is 46.0 Å². The maximum Gasteiger partial charge on any atom is 0.310 e. The largest absolute Gasteiger partial charge is 0.691 e. The summed E-state index contributed by atoms with van der Waals surface area (Å²) in [5, 5.41) is 15.2. The lowest BCUT2D eigenvalue weighted by molar-refractivity contribution is -0.671. The quantitative estimate of drug-likeness (QED) is 0.261. The molecule has 0 spiro atoms. The van der Waals surface area contributed by atoms with Gasteiger partial charge in [-0.05, 0) is 24.0 Å². The molecule has 0 unspecified atom stereocenters. The zero-order valence-electron chi connectivity index (χ0n) is 11.8. The van der Waals surface area contributed by atoms with Crippen LogP contribution >= 0.6 is 0 Å². The molecule has 1 aromatic heterocycles. The second kappa shape index (κ2) is 6.76. The van der Waals surface area contributed by atoms with E-state index in [2.05, 4.69) is 10.1 Å². The lowest BCUT2D eigenvalue weighted by atomic mass is 10.1. The highest BCUT2D eigenvalue weighted by Crippen LogP contribution is 2.30. The van der Waals surface area contributed by atoms with Gasteiger partial charge in [0, 0.05) is 19.1 Å². The van der Waals surface area contributed by atoms with Crippen LogP contribution in [-0.2, 0) is 4.74 Å². The molecule has 0 saturated heterocycles. The molecular weight excluding hydrogens is 274 g/mol. The Hall–Kier alpha value is -2.54. The summed E-state index contributed by atoms with van der Waals surface area (Å²) in [5.74, 6) is 0.414. The highest BCUT2D eigenvalue weighted by atomic mass is 16.7. The average molecular weight is 289 g/mol. The summed E-state index contributed by atoms with van der Waals surface area (Å²) in [5.41, 5.74) is 2.02. The Morgan fingerprint density at radius 3 is 2.95 bits per heavy atom. The standard InChI is InChI=1S/C14H15N3O4/c1-3-20-9-21-13-6-11(7-18)4-5-12(13)14-10(2)15-8-17(19)16-14/h4-8H,3,9H2,1-2H3. The molecule has 7 nitrogen and oxygen atoms in total. The SMILES string of the molecule is CCOCOc1cc(C=O)ccc1-c1n[n+]([O-])cnc1C. The number of ether oxygens (including phenoxy) is 2. The van der Waals surface area contributed by atoms with Crippen molar-refractivity contribution in [1.82, 2.24) is 10.1 Å². The number of hydrogen-bond acceptors (Lipinski definition) is 6. The van der Waals surface area contributed by atoms with E-state index in [1.54, 1.807) is 25.1 Å². The van der Waals surface area contributed by atoms with Crippen LogP contribution < -0.4 is 9.58 Å². The number of aryl methyl sites for hydroxylation is 1. The van der Waals surface area contributed by atoms with Gasteiger partial charge >= 0.3 is 6.33 Å². The number of nitrogens with zero attached hydrogens (tertiary/aromatic N) is 3. The maximum absolute atomic E-state index is 11.3. The number of aromatic nitrogens is 3. The Bertz CT molecular complexity index is 646. The number of rotatable bonds is 6. The summed E-state index contributed by atoms with van der Waals surface area (Å²) >= 11 is 0. The summed E-state index contributed by atoms with van der Waals surface area (Å²) in [6.45, 7) is 4.14. The zero-order valence-corrected chi connectivity index (χ0v) is 11.8. The second-order valence-electron chi connectivity index (χ2n) is 4.21. The minimum atomic E-state index is 0.0441. The van der Waals surface area contributed by atoms with E-state index < -0.39 is 0 Å². The number of carbonyl (C=O) groups is 1. The van der Waals surface area contributed by atoms with Gasteiger partial charge in [0.1, 0.15) is 12.0 Å². The summed E-state index contributed by atoms with van der Waals surface area (Å²) in [6, 6.07) is 4.87.